The van der Waals surface area contributed by atoms with Crippen molar-refractivity contribution >= 4 is 51.0 Å². The Hall–Kier alpha value is -2.90. The van der Waals surface area contributed by atoms with Crippen LogP contribution in [-0.2, 0) is 26.0 Å². The molecular weight excluding hydrogens is 517 g/mol. The predicted octanol–water partition coefficient (Wildman–Crippen LogP) is -0.156. The molecule has 3 atom stereocenters. The molecule has 0 aromatic heterocycles. The molecule has 190 valence electrons. The van der Waals surface area contributed by atoms with Crippen LogP contribution in [0.2, 0.25) is 10.0 Å². The highest BCUT2D eigenvalue weighted by molar-refractivity contribution is 7.89. The van der Waals surface area contributed by atoms with Crippen LogP contribution in [0.4, 0.5) is 0 Å². The Balaban J connectivity index is 2.16. The van der Waals surface area contributed by atoms with Gasteiger partial charge in [-0.1, -0.05) is 59.6 Å². The second kappa shape index (κ2) is 12.7. The van der Waals surface area contributed by atoms with Crippen LogP contribution in [0.25, 0.3) is 0 Å². The van der Waals surface area contributed by atoms with E-state index in [1.165, 1.54) is 18.2 Å². The van der Waals surface area contributed by atoms with Gasteiger partial charge in [-0.05, 0) is 24.1 Å². The number of carbonyl (C=O) groups excluding carboxylic acids is 2. The van der Waals surface area contributed by atoms with E-state index in [1.54, 1.807) is 24.3 Å². The highest BCUT2D eigenvalue weighted by atomic mass is 35.5. The smallest absolute Gasteiger partial charge is 0.242 e. The van der Waals surface area contributed by atoms with Crippen LogP contribution in [0, 0.1) is 0 Å². The van der Waals surface area contributed by atoms with Crippen LogP contribution in [0.15, 0.2) is 58.4 Å². The molecule has 2 amide bonds. The van der Waals surface area contributed by atoms with Crippen molar-refractivity contribution in [1.29, 1.82) is 0 Å². The van der Waals surface area contributed by atoms with E-state index in [2.05, 4.69) is 15.0 Å². The standard InChI is InChI=1S/C21H27Cl2N7O4S/c22-14-7-4-8-17(18(14)23)35(33,34)30-13(11-28-21(26)27)10-15(24)20(32)29-16(19(25)31)9-12-5-2-1-3-6-12/h1-8,13,15-16,30H,9-11,24H2,(H2,25,31)(H,29,32)(H4,26,27,28)/t13?,15-,16-/m0/s1. The summed E-state index contributed by atoms with van der Waals surface area (Å²) in [5, 5.41) is 2.38. The van der Waals surface area contributed by atoms with E-state index in [4.69, 9.17) is 46.1 Å². The monoisotopic (exact) mass is 543 g/mol. The van der Waals surface area contributed by atoms with Gasteiger partial charge in [0.2, 0.25) is 21.8 Å². The minimum Gasteiger partial charge on any atom is -0.370 e. The molecule has 0 radical (unpaired) electrons. The van der Waals surface area contributed by atoms with Gasteiger partial charge in [-0.3, -0.25) is 14.6 Å². The van der Waals surface area contributed by atoms with E-state index in [1.807, 2.05) is 6.07 Å². The molecule has 0 spiro atoms. The van der Waals surface area contributed by atoms with E-state index in [0.717, 1.165) is 5.56 Å². The molecule has 0 saturated heterocycles. The summed E-state index contributed by atoms with van der Waals surface area (Å²) in [6.07, 6.45) is -0.0528. The Labute approximate surface area is 213 Å². The number of halogens is 2. The zero-order valence-corrected chi connectivity index (χ0v) is 20.9. The zero-order valence-electron chi connectivity index (χ0n) is 18.5. The first-order chi connectivity index (χ1) is 16.4. The lowest BCUT2D eigenvalue weighted by atomic mass is 10.0. The maximum atomic E-state index is 12.9. The van der Waals surface area contributed by atoms with Crippen molar-refractivity contribution in [3.05, 3.63) is 64.1 Å². The Morgan fingerprint density at radius 3 is 2.26 bits per heavy atom. The van der Waals surface area contributed by atoms with Crippen LogP contribution < -0.4 is 33.0 Å². The van der Waals surface area contributed by atoms with E-state index in [0.29, 0.717) is 0 Å². The molecule has 2 aromatic rings. The first-order valence-corrected chi connectivity index (χ1v) is 12.6. The van der Waals surface area contributed by atoms with Gasteiger partial charge in [-0.2, -0.15) is 0 Å². The van der Waals surface area contributed by atoms with Gasteiger partial charge < -0.3 is 28.3 Å². The fraction of sp³-hybridized carbons (Fsp3) is 0.286. The Morgan fingerprint density at radius 2 is 1.66 bits per heavy atom. The number of hydrogen-bond acceptors (Lipinski definition) is 6. The van der Waals surface area contributed by atoms with Crippen molar-refractivity contribution < 1.29 is 18.0 Å². The zero-order chi connectivity index (χ0) is 26.2. The van der Waals surface area contributed by atoms with Crippen molar-refractivity contribution in [2.24, 2.45) is 27.9 Å². The summed E-state index contributed by atoms with van der Waals surface area (Å²) in [4.78, 5) is 28.1. The first kappa shape index (κ1) is 28.3. The lowest BCUT2D eigenvalue weighted by Gasteiger charge is -2.23. The number of aliphatic imine (C=N–C) groups is 1. The molecule has 0 saturated carbocycles. The van der Waals surface area contributed by atoms with Crippen molar-refractivity contribution in [2.45, 2.75) is 35.9 Å². The topological polar surface area (TPSA) is 209 Å². The third kappa shape index (κ3) is 8.67. The molecule has 0 fully saturated rings. The van der Waals surface area contributed by atoms with E-state index >= 15 is 0 Å². The van der Waals surface area contributed by atoms with Gasteiger partial charge in [-0.25, -0.2) is 13.1 Å². The third-order valence-corrected chi connectivity index (χ3v) is 7.33. The number of nitrogens with two attached hydrogens (primary N) is 4. The molecule has 0 heterocycles. The van der Waals surface area contributed by atoms with E-state index < -0.39 is 40.0 Å². The molecule has 35 heavy (non-hydrogen) atoms. The number of primary amides is 1. The van der Waals surface area contributed by atoms with E-state index in [9.17, 15) is 18.0 Å². The summed E-state index contributed by atoms with van der Waals surface area (Å²) in [5.74, 6) is -1.74. The highest BCUT2D eigenvalue weighted by Crippen LogP contribution is 2.29. The number of sulfonamides is 1. The molecule has 0 bridgehead atoms. The lowest BCUT2D eigenvalue weighted by Crippen LogP contribution is -2.53. The molecule has 2 aromatic carbocycles. The van der Waals surface area contributed by atoms with E-state index in [-0.39, 0.29) is 40.3 Å². The highest BCUT2D eigenvalue weighted by Gasteiger charge is 2.28. The number of benzene rings is 2. The molecule has 11 nitrogen and oxygen atoms in total. The molecule has 0 aliphatic heterocycles. The maximum Gasteiger partial charge on any atom is 0.242 e. The first-order valence-electron chi connectivity index (χ1n) is 10.3. The SMILES string of the molecule is NC(=O)[C@H](Cc1ccccc1)NC(=O)[C@@H](N)CC(CN=C(N)N)NS(=O)(=O)c1cccc(Cl)c1Cl. The summed E-state index contributed by atoms with van der Waals surface area (Å²) in [5.41, 5.74) is 23.0. The van der Waals surface area contributed by atoms with Crippen LogP contribution in [0.3, 0.4) is 0 Å². The Kier molecular flexibility index (Phi) is 10.3. The Morgan fingerprint density at radius 1 is 1.00 bits per heavy atom. The fourth-order valence-corrected chi connectivity index (χ4v) is 5.12. The molecular formula is C21H27Cl2N7O4S. The Bertz CT molecular complexity index is 1180. The number of guanidine groups is 1. The molecule has 0 aliphatic carbocycles. The van der Waals surface area contributed by atoms with Crippen molar-refractivity contribution in [3.63, 3.8) is 0 Å². The van der Waals surface area contributed by atoms with Crippen LogP contribution in [0.5, 0.6) is 0 Å². The van der Waals surface area contributed by atoms with Gasteiger partial charge in [0.1, 0.15) is 10.9 Å². The maximum absolute atomic E-state index is 12.9. The number of rotatable bonds is 12. The third-order valence-electron chi connectivity index (χ3n) is 4.84. The molecule has 10 N–H and O–H groups in total. The number of hydrogen-bond donors (Lipinski definition) is 6. The summed E-state index contributed by atoms with van der Waals surface area (Å²) in [6, 6.07) is 9.81. The van der Waals surface area contributed by atoms with Crippen molar-refractivity contribution in [3.8, 4) is 0 Å². The number of nitrogens with one attached hydrogen (secondary N) is 2. The molecule has 1 unspecified atom stereocenters. The second-order valence-corrected chi connectivity index (χ2v) is 10.1. The summed E-state index contributed by atoms with van der Waals surface area (Å²) >= 11 is 12.0. The average Bonchev–Trinajstić information content (AvgIpc) is 2.79. The normalized spacial score (nSPS) is 13.9. The molecule has 0 aliphatic rings. The summed E-state index contributed by atoms with van der Waals surface area (Å²) < 4.78 is 28.2. The number of amides is 2. The fourth-order valence-electron chi connectivity index (χ4n) is 3.11. The van der Waals surface area contributed by atoms with Gasteiger partial charge >= 0.3 is 0 Å². The number of nitrogens with zero attached hydrogens (tertiary/aromatic N) is 1. The molecule has 2 rings (SSSR count). The lowest BCUT2D eigenvalue weighted by molar-refractivity contribution is -0.128. The van der Waals surface area contributed by atoms with Crippen molar-refractivity contribution in [2.75, 3.05) is 6.54 Å². The van der Waals surface area contributed by atoms with Crippen LogP contribution >= 0.6 is 23.2 Å². The second-order valence-electron chi connectivity index (χ2n) is 7.63. The quantitative estimate of drug-likeness (QED) is 0.157. The average molecular weight is 544 g/mol. The van der Waals surface area contributed by atoms with Gasteiger partial charge in [0.05, 0.1) is 22.6 Å². The van der Waals surface area contributed by atoms with Crippen molar-refractivity contribution in [1.82, 2.24) is 10.0 Å². The minimum atomic E-state index is -4.19. The van der Waals surface area contributed by atoms with Gasteiger partial charge in [-0.15, -0.1) is 0 Å². The van der Waals surface area contributed by atoms with Gasteiger partial charge in [0.25, 0.3) is 0 Å². The van der Waals surface area contributed by atoms with Gasteiger partial charge in [0.15, 0.2) is 5.96 Å². The number of carbonyl (C=O) groups is 2. The summed E-state index contributed by atoms with van der Waals surface area (Å²) in [6.45, 7) is -0.218. The largest absolute Gasteiger partial charge is 0.370 e. The molecule has 14 heteroatoms. The van der Waals surface area contributed by atoms with Gasteiger partial charge in [0, 0.05) is 12.5 Å². The predicted molar refractivity (Wildman–Crippen MR) is 135 cm³/mol. The summed E-state index contributed by atoms with van der Waals surface area (Å²) in [7, 11) is -4.19. The minimum absolute atomic E-state index is 0.0438. The van der Waals surface area contributed by atoms with Crippen LogP contribution in [0.1, 0.15) is 12.0 Å². The van der Waals surface area contributed by atoms with Crippen LogP contribution in [-0.4, -0.2) is 50.9 Å².